The van der Waals surface area contributed by atoms with Gasteiger partial charge in [-0.05, 0) is 17.2 Å². The highest BCUT2D eigenvalue weighted by atomic mass is 16.5. The first-order valence-electron chi connectivity index (χ1n) is 5.88. The van der Waals surface area contributed by atoms with E-state index >= 15 is 0 Å². The van der Waals surface area contributed by atoms with Gasteiger partial charge in [-0.3, -0.25) is 4.79 Å². The molecule has 2 aromatic carbocycles. The standard InChI is InChI=1S/C16H12O2/c17-16-11-14-9-8-13(10-15(14)18-16)7-6-12-4-2-1-3-5-12/h1-10H,11H2/b7-6+. The number of hydrogen-bond donors (Lipinski definition) is 0. The van der Waals surface area contributed by atoms with Crippen molar-refractivity contribution in [1.82, 2.24) is 0 Å². The summed E-state index contributed by atoms with van der Waals surface area (Å²) < 4.78 is 5.13. The zero-order valence-corrected chi connectivity index (χ0v) is 9.80. The van der Waals surface area contributed by atoms with Crippen LogP contribution in [0.3, 0.4) is 0 Å². The number of fused-ring (bicyclic) bond motifs is 1. The number of ether oxygens (including phenoxy) is 1. The lowest BCUT2D eigenvalue weighted by atomic mass is 10.1. The molecule has 0 aliphatic carbocycles. The van der Waals surface area contributed by atoms with Crippen LogP contribution in [0.5, 0.6) is 5.75 Å². The zero-order chi connectivity index (χ0) is 12.4. The van der Waals surface area contributed by atoms with Crippen LogP contribution in [0.1, 0.15) is 16.7 Å². The summed E-state index contributed by atoms with van der Waals surface area (Å²) in [5, 5.41) is 0. The van der Waals surface area contributed by atoms with Crippen LogP contribution in [-0.2, 0) is 11.2 Å². The quantitative estimate of drug-likeness (QED) is 0.454. The van der Waals surface area contributed by atoms with Gasteiger partial charge in [-0.15, -0.1) is 0 Å². The van der Waals surface area contributed by atoms with Crippen molar-refractivity contribution in [2.75, 3.05) is 0 Å². The first-order valence-corrected chi connectivity index (χ1v) is 5.88. The number of benzene rings is 2. The molecule has 0 radical (unpaired) electrons. The lowest BCUT2D eigenvalue weighted by Gasteiger charge is -1.99. The van der Waals surface area contributed by atoms with E-state index in [9.17, 15) is 4.79 Å². The van der Waals surface area contributed by atoms with Crippen molar-refractivity contribution in [1.29, 1.82) is 0 Å². The maximum Gasteiger partial charge on any atom is 0.315 e. The first-order chi connectivity index (χ1) is 8.81. The number of carbonyl (C=O) groups is 1. The zero-order valence-electron chi connectivity index (χ0n) is 9.80. The molecule has 0 amide bonds. The molecule has 88 valence electrons. The second-order valence-electron chi connectivity index (χ2n) is 4.26. The smallest absolute Gasteiger partial charge is 0.315 e. The summed E-state index contributed by atoms with van der Waals surface area (Å²) in [7, 11) is 0. The SMILES string of the molecule is O=C1Cc2ccc(/C=C/c3ccccc3)cc2O1. The van der Waals surface area contributed by atoms with E-state index in [0.717, 1.165) is 16.7 Å². The molecular weight excluding hydrogens is 224 g/mol. The van der Waals surface area contributed by atoms with Crippen molar-refractivity contribution in [3.63, 3.8) is 0 Å². The molecular formula is C16H12O2. The Labute approximate surface area is 106 Å². The summed E-state index contributed by atoms with van der Waals surface area (Å²) >= 11 is 0. The molecule has 2 heteroatoms. The fourth-order valence-electron chi connectivity index (χ4n) is 1.99. The molecule has 1 aliphatic heterocycles. The highest BCUT2D eigenvalue weighted by molar-refractivity contribution is 5.82. The van der Waals surface area contributed by atoms with E-state index in [1.54, 1.807) is 0 Å². The Bertz CT molecular complexity index is 612. The van der Waals surface area contributed by atoms with Crippen LogP contribution >= 0.6 is 0 Å². The van der Waals surface area contributed by atoms with Gasteiger partial charge in [0, 0.05) is 5.56 Å². The molecule has 1 aliphatic rings. The van der Waals surface area contributed by atoms with Crippen molar-refractivity contribution >= 4 is 18.1 Å². The summed E-state index contributed by atoms with van der Waals surface area (Å²) in [4.78, 5) is 11.2. The van der Waals surface area contributed by atoms with Crippen LogP contribution in [-0.4, -0.2) is 5.97 Å². The van der Waals surface area contributed by atoms with Crippen molar-refractivity contribution in [2.24, 2.45) is 0 Å². The molecule has 1 heterocycles. The van der Waals surface area contributed by atoms with E-state index in [2.05, 4.69) is 0 Å². The lowest BCUT2D eigenvalue weighted by Crippen LogP contribution is -2.00. The molecule has 0 atom stereocenters. The molecule has 3 rings (SSSR count). The number of carbonyl (C=O) groups excluding carboxylic acids is 1. The number of hydrogen-bond acceptors (Lipinski definition) is 2. The van der Waals surface area contributed by atoms with Gasteiger partial charge in [0.2, 0.25) is 0 Å². The van der Waals surface area contributed by atoms with Crippen LogP contribution in [0.2, 0.25) is 0 Å². The Morgan fingerprint density at radius 3 is 2.56 bits per heavy atom. The Balaban J connectivity index is 1.85. The van der Waals surface area contributed by atoms with Gasteiger partial charge in [-0.1, -0.05) is 54.6 Å². The summed E-state index contributed by atoms with van der Waals surface area (Å²) in [6.07, 6.45) is 4.44. The van der Waals surface area contributed by atoms with Gasteiger partial charge in [0.1, 0.15) is 5.75 Å². The molecule has 0 saturated heterocycles. The molecule has 0 saturated carbocycles. The van der Waals surface area contributed by atoms with Crippen molar-refractivity contribution < 1.29 is 9.53 Å². The minimum Gasteiger partial charge on any atom is -0.426 e. The van der Waals surface area contributed by atoms with E-state index in [-0.39, 0.29) is 5.97 Å². The van der Waals surface area contributed by atoms with E-state index in [4.69, 9.17) is 4.74 Å². The highest BCUT2D eigenvalue weighted by Crippen LogP contribution is 2.27. The van der Waals surface area contributed by atoms with Gasteiger partial charge in [-0.25, -0.2) is 0 Å². The van der Waals surface area contributed by atoms with E-state index in [1.807, 2.05) is 60.7 Å². The third kappa shape index (κ3) is 2.18. The highest BCUT2D eigenvalue weighted by Gasteiger charge is 2.19. The van der Waals surface area contributed by atoms with Gasteiger partial charge in [0.25, 0.3) is 0 Å². The van der Waals surface area contributed by atoms with Crippen LogP contribution < -0.4 is 4.74 Å². The maximum absolute atomic E-state index is 11.2. The van der Waals surface area contributed by atoms with Gasteiger partial charge < -0.3 is 4.74 Å². The molecule has 2 nitrogen and oxygen atoms in total. The number of esters is 1. The molecule has 18 heavy (non-hydrogen) atoms. The third-order valence-corrected chi connectivity index (χ3v) is 2.92. The molecule has 0 N–H and O–H groups in total. The van der Waals surface area contributed by atoms with E-state index < -0.39 is 0 Å². The van der Waals surface area contributed by atoms with Gasteiger partial charge in [-0.2, -0.15) is 0 Å². The fourth-order valence-corrected chi connectivity index (χ4v) is 1.99. The topological polar surface area (TPSA) is 26.3 Å². The summed E-state index contributed by atoms with van der Waals surface area (Å²) in [5.41, 5.74) is 3.15. The second-order valence-corrected chi connectivity index (χ2v) is 4.26. The Hall–Kier alpha value is -2.35. The first kappa shape index (κ1) is 10.8. The fraction of sp³-hybridized carbons (Fsp3) is 0.0625. The lowest BCUT2D eigenvalue weighted by molar-refractivity contribution is -0.131. The van der Waals surface area contributed by atoms with E-state index in [1.165, 1.54) is 0 Å². The minimum atomic E-state index is -0.172. The predicted molar refractivity (Wildman–Crippen MR) is 71.2 cm³/mol. The van der Waals surface area contributed by atoms with Gasteiger partial charge in [0.05, 0.1) is 6.42 Å². The predicted octanol–water partition coefficient (Wildman–Crippen LogP) is 3.32. The molecule has 0 aromatic heterocycles. The van der Waals surface area contributed by atoms with Crippen LogP contribution in [0.25, 0.3) is 12.2 Å². The number of rotatable bonds is 2. The normalized spacial score (nSPS) is 13.7. The monoisotopic (exact) mass is 236 g/mol. The summed E-state index contributed by atoms with van der Waals surface area (Å²) in [5.74, 6) is 0.518. The summed E-state index contributed by atoms with van der Waals surface area (Å²) in [6, 6.07) is 15.9. The van der Waals surface area contributed by atoms with Crippen molar-refractivity contribution in [3.8, 4) is 5.75 Å². The van der Waals surface area contributed by atoms with Gasteiger partial charge in [0.15, 0.2) is 0 Å². The Kier molecular flexibility index (Phi) is 2.69. The summed E-state index contributed by atoms with van der Waals surface area (Å²) in [6.45, 7) is 0. The molecule has 0 bridgehead atoms. The minimum absolute atomic E-state index is 0.172. The van der Waals surface area contributed by atoms with Crippen LogP contribution in [0, 0.1) is 0 Å². The second kappa shape index (κ2) is 4.49. The van der Waals surface area contributed by atoms with Crippen molar-refractivity contribution in [2.45, 2.75) is 6.42 Å². The average molecular weight is 236 g/mol. The van der Waals surface area contributed by atoms with Crippen molar-refractivity contribution in [3.05, 3.63) is 65.2 Å². The van der Waals surface area contributed by atoms with E-state index in [0.29, 0.717) is 12.2 Å². The molecule has 0 spiro atoms. The van der Waals surface area contributed by atoms with Gasteiger partial charge >= 0.3 is 5.97 Å². The molecule has 2 aromatic rings. The third-order valence-electron chi connectivity index (χ3n) is 2.92. The maximum atomic E-state index is 11.2. The van der Waals surface area contributed by atoms with Crippen LogP contribution in [0.15, 0.2) is 48.5 Å². The Morgan fingerprint density at radius 1 is 0.944 bits per heavy atom. The largest absolute Gasteiger partial charge is 0.426 e. The molecule has 0 fully saturated rings. The van der Waals surface area contributed by atoms with Crippen LogP contribution in [0.4, 0.5) is 0 Å². The molecule has 0 unspecified atom stereocenters. The average Bonchev–Trinajstić information content (AvgIpc) is 2.77. The Morgan fingerprint density at radius 2 is 1.72 bits per heavy atom.